The van der Waals surface area contributed by atoms with Crippen LogP contribution in [0.1, 0.15) is 12.1 Å². The number of amides is 1. The summed E-state index contributed by atoms with van der Waals surface area (Å²) in [6.07, 6.45) is 4.41. The van der Waals surface area contributed by atoms with Crippen molar-refractivity contribution >= 4 is 11.7 Å². The topological polar surface area (TPSA) is 58.6 Å². The molecule has 3 heterocycles. The van der Waals surface area contributed by atoms with Crippen LogP contribution in [0.2, 0.25) is 0 Å². The molecule has 0 aromatic carbocycles. The minimum absolute atomic E-state index is 0.0791. The fourth-order valence-electron chi connectivity index (χ4n) is 2.81. The van der Waals surface area contributed by atoms with E-state index < -0.39 is 0 Å². The number of morpholine rings is 1. The van der Waals surface area contributed by atoms with Gasteiger partial charge in [0, 0.05) is 32.4 Å². The highest BCUT2D eigenvalue weighted by Gasteiger charge is 2.32. The first kappa shape index (κ1) is 13.3. The fraction of sp³-hybridized carbons (Fsp3) is 0.643. The van der Waals surface area contributed by atoms with Crippen molar-refractivity contribution in [1.29, 1.82) is 0 Å². The Labute approximate surface area is 118 Å². The third-order valence-electron chi connectivity index (χ3n) is 3.93. The highest BCUT2D eigenvalue weighted by molar-refractivity contribution is 5.80. The Morgan fingerprint density at radius 2 is 2.10 bits per heavy atom. The van der Waals surface area contributed by atoms with Crippen LogP contribution >= 0.6 is 0 Å². The molecule has 2 aliphatic rings. The SMILES string of the molecule is Cc1cncc(N2CCC(C(=O)N3CCOCC3)C2)n1. The smallest absolute Gasteiger partial charge is 0.227 e. The van der Waals surface area contributed by atoms with E-state index in [1.807, 2.05) is 11.8 Å². The van der Waals surface area contributed by atoms with Gasteiger partial charge in [-0.3, -0.25) is 9.78 Å². The molecule has 0 aliphatic carbocycles. The van der Waals surface area contributed by atoms with Gasteiger partial charge in [-0.05, 0) is 13.3 Å². The molecular weight excluding hydrogens is 256 g/mol. The summed E-state index contributed by atoms with van der Waals surface area (Å²) >= 11 is 0. The minimum atomic E-state index is 0.0791. The van der Waals surface area contributed by atoms with Gasteiger partial charge in [-0.2, -0.15) is 0 Å². The molecule has 0 spiro atoms. The molecule has 2 fully saturated rings. The standard InChI is InChI=1S/C14H20N4O2/c1-11-8-15-9-13(16-11)18-3-2-12(10-18)14(19)17-4-6-20-7-5-17/h8-9,12H,2-7,10H2,1H3. The molecule has 0 bridgehead atoms. The van der Waals surface area contributed by atoms with E-state index in [0.29, 0.717) is 13.2 Å². The van der Waals surface area contributed by atoms with Gasteiger partial charge in [-0.15, -0.1) is 0 Å². The van der Waals surface area contributed by atoms with Crippen LogP contribution in [0, 0.1) is 12.8 Å². The van der Waals surface area contributed by atoms with Crippen molar-refractivity contribution in [2.75, 3.05) is 44.3 Å². The Kier molecular flexibility index (Phi) is 3.82. The van der Waals surface area contributed by atoms with E-state index in [-0.39, 0.29) is 11.8 Å². The van der Waals surface area contributed by atoms with Crippen LogP contribution in [0.4, 0.5) is 5.82 Å². The largest absolute Gasteiger partial charge is 0.378 e. The number of carbonyl (C=O) groups excluding carboxylic acids is 1. The molecule has 3 rings (SSSR count). The lowest BCUT2D eigenvalue weighted by atomic mass is 10.1. The van der Waals surface area contributed by atoms with E-state index in [2.05, 4.69) is 14.9 Å². The first-order chi connectivity index (χ1) is 9.74. The summed E-state index contributed by atoms with van der Waals surface area (Å²) in [4.78, 5) is 25.2. The summed E-state index contributed by atoms with van der Waals surface area (Å²) in [6.45, 7) is 6.31. The first-order valence-corrected chi connectivity index (χ1v) is 7.14. The molecule has 2 aliphatic heterocycles. The van der Waals surface area contributed by atoms with E-state index >= 15 is 0 Å². The maximum Gasteiger partial charge on any atom is 0.227 e. The highest BCUT2D eigenvalue weighted by atomic mass is 16.5. The normalized spacial score (nSPS) is 23.1. The van der Waals surface area contributed by atoms with E-state index in [0.717, 1.165) is 44.1 Å². The highest BCUT2D eigenvalue weighted by Crippen LogP contribution is 2.23. The van der Waals surface area contributed by atoms with Gasteiger partial charge >= 0.3 is 0 Å². The molecule has 0 radical (unpaired) electrons. The quantitative estimate of drug-likeness (QED) is 0.786. The van der Waals surface area contributed by atoms with Crippen molar-refractivity contribution in [2.45, 2.75) is 13.3 Å². The van der Waals surface area contributed by atoms with Gasteiger partial charge in [0.1, 0.15) is 5.82 Å². The van der Waals surface area contributed by atoms with Gasteiger partial charge in [-0.25, -0.2) is 4.98 Å². The van der Waals surface area contributed by atoms with Crippen LogP contribution in [-0.4, -0.2) is 60.2 Å². The maximum absolute atomic E-state index is 12.5. The zero-order valence-corrected chi connectivity index (χ0v) is 11.8. The third kappa shape index (κ3) is 2.75. The Hall–Kier alpha value is -1.69. The molecular formula is C14H20N4O2. The van der Waals surface area contributed by atoms with Crippen molar-refractivity contribution in [3.8, 4) is 0 Å². The number of hydrogen-bond donors (Lipinski definition) is 0. The molecule has 1 atom stereocenters. The second-order valence-corrected chi connectivity index (χ2v) is 5.39. The van der Waals surface area contributed by atoms with Crippen LogP contribution in [0.3, 0.4) is 0 Å². The summed E-state index contributed by atoms with van der Waals surface area (Å²) < 4.78 is 5.29. The van der Waals surface area contributed by atoms with Gasteiger partial charge in [0.25, 0.3) is 0 Å². The predicted octanol–water partition coefficient (Wildman–Crippen LogP) is 0.470. The van der Waals surface area contributed by atoms with Crippen LogP contribution in [-0.2, 0) is 9.53 Å². The third-order valence-corrected chi connectivity index (χ3v) is 3.93. The van der Waals surface area contributed by atoms with E-state index in [1.54, 1.807) is 12.4 Å². The van der Waals surface area contributed by atoms with E-state index in [4.69, 9.17) is 4.74 Å². The number of ether oxygens (including phenoxy) is 1. The molecule has 6 heteroatoms. The molecule has 1 unspecified atom stereocenters. The van der Waals surface area contributed by atoms with Gasteiger partial charge in [0.15, 0.2) is 0 Å². The first-order valence-electron chi connectivity index (χ1n) is 7.14. The van der Waals surface area contributed by atoms with Crippen LogP contribution in [0.25, 0.3) is 0 Å². The van der Waals surface area contributed by atoms with E-state index in [9.17, 15) is 4.79 Å². The lowest BCUT2D eigenvalue weighted by Crippen LogP contribution is -2.44. The molecule has 0 N–H and O–H groups in total. The Morgan fingerprint density at radius 3 is 2.85 bits per heavy atom. The van der Waals surface area contributed by atoms with Crippen molar-refractivity contribution in [3.63, 3.8) is 0 Å². The van der Waals surface area contributed by atoms with Crippen molar-refractivity contribution < 1.29 is 9.53 Å². The van der Waals surface area contributed by atoms with Crippen molar-refractivity contribution in [1.82, 2.24) is 14.9 Å². The average molecular weight is 276 g/mol. The number of anilines is 1. The number of rotatable bonds is 2. The molecule has 2 saturated heterocycles. The fourth-order valence-corrected chi connectivity index (χ4v) is 2.81. The Balaban J connectivity index is 1.63. The van der Waals surface area contributed by atoms with Crippen molar-refractivity contribution in [3.05, 3.63) is 18.1 Å². The van der Waals surface area contributed by atoms with Gasteiger partial charge in [-0.1, -0.05) is 0 Å². The van der Waals surface area contributed by atoms with Crippen LogP contribution in [0.5, 0.6) is 0 Å². The molecule has 1 amide bonds. The van der Waals surface area contributed by atoms with Crippen LogP contribution in [0.15, 0.2) is 12.4 Å². The molecule has 1 aromatic heterocycles. The molecule has 20 heavy (non-hydrogen) atoms. The summed E-state index contributed by atoms with van der Waals surface area (Å²) in [7, 11) is 0. The van der Waals surface area contributed by atoms with E-state index in [1.165, 1.54) is 0 Å². The summed E-state index contributed by atoms with van der Waals surface area (Å²) in [6, 6.07) is 0. The molecule has 108 valence electrons. The van der Waals surface area contributed by atoms with Gasteiger partial charge in [0.2, 0.25) is 5.91 Å². The van der Waals surface area contributed by atoms with Gasteiger partial charge < -0.3 is 14.5 Å². The lowest BCUT2D eigenvalue weighted by Gasteiger charge is -2.29. The number of nitrogens with zero attached hydrogens (tertiary/aromatic N) is 4. The number of carbonyl (C=O) groups is 1. The summed E-state index contributed by atoms with van der Waals surface area (Å²) in [5, 5.41) is 0. The number of aromatic nitrogens is 2. The lowest BCUT2D eigenvalue weighted by molar-refractivity contribution is -0.138. The Bertz CT molecular complexity index is 488. The van der Waals surface area contributed by atoms with Crippen molar-refractivity contribution in [2.24, 2.45) is 5.92 Å². The second kappa shape index (κ2) is 5.75. The maximum atomic E-state index is 12.5. The average Bonchev–Trinajstić information content (AvgIpc) is 2.97. The van der Waals surface area contributed by atoms with Crippen LogP contribution < -0.4 is 4.90 Å². The second-order valence-electron chi connectivity index (χ2n) is 5.39. The Morgan fingerprint density at radius 1 is 1.30 bits per heavy atom. The zero-order valence-electron chi connectivity index (χ0n) is 11.8. The number of aryl methyl sites for hydroxylation is 1. The monoisotopic (exact) mass is 276 g/mol. The predicted molar refractivity (Wildman–Crippen MR) is 74.5 cm³/mol. The minimum Gasteiger partial charge on any atom is -0.378 e. The van der Waals surface area contributed by atoms with Gasteiger partial charge in [0.05, 0.1) is 31.0 Å². The summed E-state index contributed by atoms with van der Waals surface area (Å²) in [5.41, 5.74) is 0.908. The molecule has 0 saturated carbocycles. The zero-order chi connectivity index (χ0) is 13.9. The number of hydrogen-bond acceptors (Lipinski definition) is 5. The molecule has 6 nitrogen and oxygen atoms in total. The molecule has 1 aromatic rings. The summed E-state index contributed by atoms with van der Waals surface area (Å²) in [5.74, 6) is 1.22.